The van der Waals surface area contributed by atoms with Crippen molar-refractivity contribution in [1.29, 1.82) is 0 Å². The summed E-state index contributed by atoms with van der Waals surface area (Å²) in [7, 11) is 1.51. The zero-order valence-corrected chi connectivity index (χ0v) is 24.2. The van der Waals surface area contributed by atoms with E-state index < -0.39 is 5.41 Å². The maximum Gasteiger partial charge on any atom is 0.311 e. The number of ether oxygens (including phenoxy) is 1. The molecule has 0 bridgehead atoms. The number of H-pyrrole nitrogens is 1. The molecule has 202 valence electrons. The van der Waals surface area contributed by atoms with Crippen LogP contribution in [-0.4, -0.2) is 29.1 Å². The Morgan fingerprint density at radius 2 is 1.73 bits per heavy atom. The lowest BCUT2D eigenvalue weighted by molar-refractivity contribution is -0.174. The van der Waals surface area contributed by atoms with Crippen LogP contribution < -0.4 is 0 Å². The minimum atomic E-state index is -0.479. The zero-order valence-electron chi connectivity index (χ0n) is 24.2. The Hall–Kier alpha value is -1.91. The molecule has 5 nitrogen and oxygen atoms in total. The molecule has 37 heavy (non-hydrogen) atoms. The zero-order chi connectivity index (χ0) is 26.8. The third kappa shape index (κ3) is 2.95. The van der Waals surface area contributed by atoms with Crippen molar-refractivity contribution in [2.45, 2.75) is 105 Å². The van der Waals surface area contributed by atoms with Crippen LogP contribution in [0.5, 0.6) is 0 Å². The fourth-order valence-corrected chi connectivity index (χ4v) is 11.0. The van der Waals surface area contributed by atoms with Crippen LogP contribution in [0, 0.1) is 44.8 Å². The van der Waals surface area contributed by atoms with Crippen molar-refractivity contribution in [3.8, 4) is 0 Å². The van der Waals surface area contributed by atoms with Gasteiger partial charge in [0.15, 0.2) is 5.78 Å². The Balaban J connectivity index is 1.47. The van der Waals surface area contributed by atoms with Crippen LogP contribution >= 0.6 is 0 Å². The molecule has 3 fully saturated rings. The summed E-state index contributed by atoms with van der Waals surface area (Å²) in [5.74, 6) is 0.913. The monoisotopic (exact) mass is 506 g/mol. The van der Waals surface area contributed by atoms with Gasteiger partial charge in [-0.2, -0.15) is 5.10 Å². The summed E-state index contributed by atoms with van der Waals surface area (Å²) in [4.78, 5) is 27.4. The second-order valence-corrected chi connectivity index (χ2v) is 15.4. The second-order valence-electron chi connectivity index (χ2n) is 15.4. The van der Waals surface area contributed by atoms with E-state index in [1.165, 1.54) is 23.9 Å². The number of nitrogens with one attached hydrogen (secondary N) is 1. The van der Waals surface area contributed by atoms with Crippen molar-refractivity contribution in [3.05, 3.63) is 29.1 Å². The van der Waals surface area contributed by atoms with E-state index in [0.717, 1.165) is 51.4 Å². The number of hydrogen-bond acceptors (Lipinski definition) is 4. The van der Waals surface area contributed by atoms with Crippen LogP contribution in [0.15, 0.2) is 17.8 Å². The number of methoxy groups -OCH3 is 1. The molecule has 3 saturated carbocycles. The Bertz CT molecular complexity index is 1210. The first-order valence-corrected chi connectivity index (χ1v) is 14.5. The van der Waals surface area contributed by atoms with Crippen molar-refractivity contribution >= 4 is 11.8 Å². The van der Waals surface area contributed by atoms with Crippen LogP contribution in [-0.2, 0) is 26.2 Å². The Labute approximate surface area is 222 Å². The summed E-state index contributed by atoms with van der Waals surface area (Å²) >= 11 is 0. The highest BCUT2D eigenvalue weighted by Crippen LogP contribution is 2.74. The van der Waals surface area contributed by atoms with Gasteiger partial charge in [-0.05, 0) is 103 Å². The quantitative estimate of drug-likeness (QED) is 0.437. The van der Waals surface area contributed by atoms with Crippen molar-refractivity contribution in [2.75, 3.05) is 7.11 Å². The SMILES string of the molecule is COC(=O)[C@@]1(C)CC[C@]2(C)CC[C@]3(C)C(=CC(=O)[C@H]4[C@@]5(C)Cc6cn[nH]c6C(C)(C)[C@@H]5CC[C@]43C)[C@H]2C1. The first-order valence-electron chi connectivity index (χ1n) is 14.5. The van der Waals surface area contributed by atoms with E-state index in [0.29, 0.717) is 11.7 Å². The number of ketones is 1. The number of esters is 1. The number of allylic oxidation sites excluding steroid dienone is 2. The Morgan fingerprint density at radius 3 is 2.43 bits per heavy atom. The molecule has 5 aliphatic carbocycles. The molecule has 0 radical (unpaired) electrons. The van der Waals surface area contributed by atoms with E-state index in [4.69, 9.17) is 4.74 Å². The molecular formula is C32H46N2O3. The third-order valence-corrected chi connectivity index (χ3v) is 13.3. The predicted octanol–water partition coefficient (Wildman–Crippen LogP) is 6.58. The maximum atomic E-state index is 14.5. The third-order valence-electron chi connectivity index (χ3n) is 13.3. The average molecular weight is 507 g/mol. The number of rotatable bonds is 1. The molecule has 5 heteroatoms. The van der Waals surface area contributed by atoms with Gasteiger partial charge in [-0.1, -0.05) is 47.1 Å². The number of carbonyl (C=O) groups is 2. The molecule has 1 aromatic rings. The lowest BCUT2D eigenvalue weighted by atomic mass is 9.33. The van der Waals surface area contributed by atoms with E-state index in [9.17, 15) is 9.59 Å². The summed E-state index contributed by atoms with van der Waals surface area (Å²) in [5.41, 5.74) is 3.28. The summed E-state index contributed by atoms with van der Waals surface area (Å²) in [5, 5.41) is 7.75. The highest BCUT2D eigenvalue weighted by atomic mass is 16.5. The minimum absolute atomic E-state index is 0.00485. The van der Waals surface area contributed by atoms with Gasteiger partial charge in [0.2, 0.25) is 0 Å². The summed E-state index contributed by atoms with van der Waals surface area (Å²) in [6, 6.07) is 0. The van der Waals surface area contributed by atoms with E-state index >= 15 is 0 Å². The highest BCUT2D eigenvalue weighted by Gasteiger charge is 2.70. The van der Waals surface area contributed by atoms with Gasteiger partial charge in [0.1, 0.15) is 0 Å². The molecular weight excluding hydrogens is 460 g/mol. The van der Waals surface area contributed by atoms with E-state index in [1.54, 1.807) is 0 Å². The first-order chi connectivity index (χ1) is 17.2. The molecule has 0 aliphatic heterocycles. The van der Waals surface area contributed by atoms with Gasteiger partial charge in [0.05, 0.1) is 18.7 Å². The fraction of sp³-hybridized carbons (Fsp3) is 0.781. The number of hydrogen-bond donors (Lipinski definition) is 1. The van der Waals surface area contributed by atoms with Crippen LogP contribution in [0.2, 0.25) is 0 Å². The van der Waals surface area contributed by atoms with Gasteiger partial charge in [0, 0.05) is 17.0 Å². The summed E-state index contributed by atoms with van der Waals surface area (Å²) in [6.07, 6.45) is 12.2. The summed E-state index contributed by atoms with van der Waals surface area (Å²) in [6.45, 7) is 16.5. The molecule has 0 aromatic carbocycles. The van der Waals surface area contributed by atoms with Gasteiger partial charge in [-0.15, -0.1) is 0 Å². The highest BCUT2D eigenvalue weighted by molar-refractivity contribution is 5.96. The van der Waals surface area contributed by atoms with Gasteiger partial charge in [0.25, 0.3) is 0 Å². The van der Waals surface area contributed by atoms with Gasteiger partial charge in [-0.25, -0.2) is 0 Å². The molecule has 8 atom stereocenters. The number of aromatic amines is 1. The van der Waals surface area contributed by atoms with Gasteiger partial charge in [-0.3, -0.25) is 14.7 Å². The first kappa shape index (κ1) is 25.4. The van der Waals surface area contributed by atoms with Crippen molar-refractivity contribution in [1.82, 2.24) is 10.2 Å². The normalized spacial score (nSPS) is 47.9. The number of carbonyl (C=O) groups excluding carboxylic acids is 2. The van der Waals surface area contributed by atoms with E-state index in [1.807, 2.05) is 6.20 Å². The largest absolute Gasteiger partial charge is 0.469 e. The number of aromatic nitrogens is 2. The van der Waals surface area contributed by atoms with E-state index in [2.05, 4.69) is 64.7 Å². The van der Waals surface area contributed by atoms with E-state index in [-0.39, 0.29) is 44.9 Å². The molecule has 1 aromatic heterocycles. The Morgan fingerprint density at radius 1 is 1.03 bits per heavy atom. The second kappa shape index (κ2) is 7.39. The molecule has 0 unspecified atom stereocenters. The van der Waals surface area contributed by atoms with Crippen molar-refractivity contribution in [2.24, 2.45) is 44.8 Å². The van der Waals surface area contributed by atoms with Crippen molar-refractivity contribution in [3.63, 3.8) is 0 Å². The van der Waals surface area contributed by atoms with Crippen LogP contribution in [0.3, 0.4) is 0 Å². The lowest BCUT2D eigenvalue weighted by Gasteiger charge is -2.69. The molecule has 0 spiro atoms. The predicted molar refractivity (Wildman–Crippen MR) is 144 cm³/mol. The van der Waals surface area contributed by atoms with Gasteiger partial charge >= 0.3 is 5.97 Å². The standard InChI is InChI=1S/C32H46N2O3/c1-27(2)23-9-10-32(7)24(30(23,5)16-19-18-33-34-25(19)27)22(35)15-20-21-17-29(4,26(36)37-8)12-11-28(21,3)13-14-31(20,32)6/h15,18,21,23-24H,9-14,16-17H2,1-8H3,(H,33,34)/t21-,23+,24+,28-,29+,30+,31-,32-/m1/s1. The lowest BCUT2D eigenvalue weighted by Crippen LogP contribution is -2.66. The molecule has 6 rings (SSSR count). The molecule has 5 aliphatic rings. The average Bonchev–Trinajstić information content (AvgIpc) is 3.29. The molecule has 0 amide bonds. The number of nitrogens with zero attached hydrogens (tertiary/aromatic N) is 1. The number of fused-ring (bicyclic) bond motifs is 8. The van der Waals surface area contributed by atoms with Gasteiger partial charge < -0.3 is 4.74 Å². The Kier molecular flexibility index (Phi) is 5.06. The summed E-state index contributed by atoms with van der Waals surface area (Å²) < 4.78 is 5.27. The van der Waals surface area contributed by atoms with Crippen molar-refractivity contribution < 1.29 is 14.3 Å². The molecule has 0 saturated heterocycles. The maximum absolute atomic E-state index is 14.5. The van der Waals surface area contributed by atoms with Crippen LogP contribution in [0.1, 0.15) is 105 Å². The topological polar surface area (TPSA) is 72.1 Å². The molecule has 1 N–H and O–H groups in total. The minimum Gasteiger partial charge on any atom is -0.469 e. The van der Waals surface area contributed by atoms with Crippen LogP contribution in [0.25, 0.3) is 0 Å². The smallest absolute Gasteiger partial charge is 0.311 e. The fourth-order valence-electron chi connectivity index (χ4n) is 11.0. The molecule has 1 heterocycles. The van der Waals surface area contributed by atoms with Crippen LogP contribution in [0.4, 0.5) is 0 Å².